The third-order valence-corrected chi connectivity index (χ3v) is 3.02. The maximum atomic E-state index is 12.0. The molecule has 0 unspecified atom stereocenters. The summed E-state index contributed by atoms with van der Waals surface area (Å²) in [7, 11) is 1.88. The van der Waals surface area contributed by atoms with Gasteiger partial charge in [-0.1, -0.05) is 6.92 Å². The molecule has 6 nitrogen and oxygen atoms in total. The number of aryl methyl sites for hydroxylation is 1. The van der Waals surface area contributed by atoms with Gasteiger partial charge in [-0.15, -0.1) is 0 Å². The van der Waals surface area contributed by atoms with Crippen LogP contribution >= 0.6 is 0 Å². The third-order valence-electron chi connectivity index (χ3n) is 3.02. The molecule has 2 rings (SSSR count). The largest absolute Gasteiger partial charge is 0.370 e. The molecule has 0 saturated heterocycles. The number of pyridine rings is 1. The third kappa shape index (κ3) is 4.59. The number of nitrogens with zero attached hydrogens (tertiary/aromatic N) is 3. The minimum Gasteiger partial charge on any atom is -0.370 e. The predicted molar refractivity (Wildman–Crippen MR) is 82.3 cm³/mol. The van der Waals surface area contributed by atoms with E-state index in [2.05, 4.69) is 27.6 Å². The highest BCUT2D eigenvalue weighted by Gasteiger charge is 2.06. The number of rotatable bonds is 7. The molecule has 0 atom stereocenters. The van der Waals surface area contributed by atoms with Crippen molar-refractivity contribution in [1.29, 1.82) is 0 Å². The summed E-state index contributed by atoms with van der Waals surface area (Å²) in [6.45, 7) is 3.53. The Hall–Kier alpha value is -2.37. The van der Waals surface area contributed by atoms with Crippen molar-refractivity contribution in [3.8, 4) is 0 Å². The van der Waals surface area contributed by atoms with Crippen LogP contribution in [0.1, 0.15) is 29.4 Å². The van der Waals surface area contributed by atoms with Crippen molar-refractivity contribution in [3.05, 3.63) is 41.9 Å². The van der Waals surface area contributed by atoms with Crippen LogP contribution in [0, 0.1) is 0 Å². The number of hydrogen-bond acceptors (Lipinski definition) is 4. The van der Waals surface area contributed by atoms with Crippen molar-refractivity contribution in [1.82, 2.24) is 20.1 Å². The van der Waals surface area contributed by atoms with E-state index >= 15 is 0 Å². The van der Waals surface area contributed by atoms with Crippen LogP contribution in [0.4, 0.5) is 5.82 Å². The summed E-state index contributed by atoms with van der Waals surface area (Å²) in [5.41, 5.74) is 1.54. The molecule has 0 aliphatic carbocycles. The van der Waals surface area contributed by atoms with E-state index in [9.17, 15) is 4.79 Å². The molecule has 21 heavy (non-hydrogen) atoms. The van der Waals surface area contributed by atoms with Crippen LogP contribution in [-0.4, -0.2) is 33.8 Å². The summed E-state index contributed by atoms with van der Waals surface area (Å²) < 4.78 is 1.75. The van der Waals surface area contributed by atoms with E-state index in [0.717, 1.165) is 30.9 Å². The lowest BCUT2D eigenvalue weighted by Crippen LogP contribution is -2.26. The molecule has 2 N–H and O–H groups in total. The second-order valence-electron chi connectivity index (χ2n) is 4.85. The van der Waals surface area contributed by atoms with Crippen LogP contribution in [0.5, 0.6) is 0 Å². The fraction of sp³-hybridized carbons (Fsp3) is 0.400. The second-order valence-corrected chi connectivity index (χ2v) is 4.85. The zero-order valence-corrected chi connectivity index (χ0v) is 12.5. The number of aromatic nitrogens is 3. The Kier molecular flexibility index (Phi) is 5.31. The van der Waals surface area contributed by atoms with Crippen molar-refractivity contribution in [2.75, 3.05) is 18.4 Å². The van der Waals surface area contributed by atoms with Crippen molar-refractivity contribution >= 4 is 11.7 Å². The molecule has 2 heterocycles. The van der Waals surface area contributed by atoms with E-state index in [1.54, 1.807) is 16.9 Å². The highest BCUT2D eigenvalue weighted by atomic mass is 16.1. The smallest absolute Gasteiger partial charge is 0.252 e. The normalized spacial score (nSPS) is 10.4. The fourth-order valence-corrected chi connectivity index (χ4v) is 1.89. The highest BCUT2D eigenvalue weighted by molar-refractivity contribution is 5.94. The van der Waals surface area contributed by atoms with Crippen LogP contribution in [0.3, 0.4) is 0 Å². The number of amides is 1. The second kappa shape index (κ2) is 7.42. The number of anilines is 1. The van der Waals surface area contributed by atoms with Crippen molar-refractivity contribution in [3.63, 3.8) is 0 Å². The SMILES string of the molecule is CCCNc1ccc(C(=O)NCCc2ccn(C)n2)cn1. The van der Waals surface area contributed by atoms with Gasteiger partial charge in [-0.25, -0.2) is 4.98 Å². The van der Waals surface area contributed by atoms with E-state index in [0.29, 0.717) is 12.1 Å². The molecule has 0 aliphatic rings. The van der Waals surface area contributed by atoms with Crippen LogP contribution in [-0.2, 0) is 13.5 Å². The lowest BCUT2D eigenvalue weighted by Gasteiger charge is -2.06. The minimum absolute atomic E-state index is 0.111. The maximum absolute atomic E-state index is 12.0. The lowest BCUT2D eigenvalue weighted by atomic mass is 10.2. The standard InChI is InChI=1S/C15H21N5O/c1-3-8-16-14-5-4-12(11-18-14)15(21)17-9-6-13-7-10-20(2)19-13/h4-5,7,10-11H,3,6,8-9H2,1-2H3,(H,16,18)(H,17,21). The van der Waals surface area contributed by atoms with Gasteiger partial charge in [0.2, 0.25) is 0 Å². The Morgan fingerprint density at radius 1 is 1.29 bits per heavy atom. The van der Waals surface area contributed by atoms with Gasteiger partial charge in [0, 0.05) is 39.0 Å². The van der Waals surface area contributed by atoms with Crippen LogP contribution in [0.15, 0.2) is 30.6 Å². The quantitative estimate of drug-likeness (QED) is 0.811. The summed E-state index contributed by atoms with van der Waals surface area (Å²) in [5.74, 6) is 0.683. The molecule has 0 fully saturated rings. The first-order chi connectivity index (χ1) is 10.2. The highest BCUT2D eigenvalue weighted by Crippen LogP contribution is 2.05. The van der Waals surface area contributed by atoms with Crippen molar-refractivity contribution in [2.45, 2.75) is 19.8 Å². The van der Waals surface area contributed by atoms with Gasteiger partial charge in [-0.3, -0.25) is 9.48 Å². The van der Waals surface area contributed by atoms with E-state index in [-0.39, 0.29) is 5.91 Å². The number of hydrogen-bond donors (Lipinski definition) is 2. The molecule has 2 aromatic heterocycles. The Bertz CT molecular complexity index is 576. The molecule has 0 radical (unpaired) electrons. The number of nitrogens with one attached hydrogen (secondary N) is 2. The average molecular weight is 287 g/mol. The molecule has 0 spiro atoms. The zero-order chi connectivity index (χ0) is 15.1. The average Bonchev–Trinajstić information content (AvgIpc) is 2.91. The van der Waals surface area contributed by atoms with Gasteiger partial charge < -0.3 is 10.6 Å². The molecule has 112 valence electrons. The Labute approximate surface area is 124 Å². The summed E-state index contributed by atoms with van der Waals surface area (Å²) in [4.78, 5) is 16.2. The Morgan fingerprint density at radius 2 is 2.14 bits per heavy atom. The summed E-state index contributed by atoms with van der Waals surface area (Å²) in [6, 6.07) is 5.55. The summed E-state index contributed by atoms with van der Waals surface area (Å²) in [5, 5.41) is 10.3. The summed E-state index contributed by atoms with van der Waals surface area (Å²) >= 11 is 0. The molecule has 0 aromatic carbocycles. The fourth-order valence-electron chi connectivity index (χ4n) is 1.89. The molecule has 1 amide bonds. The van der Waals surface area contributed by atoms with Gasteiger partial charge in [-0.2, -0.15) is 5.10 Å². The Morgan fingerprint density at radius 3 is 2.76 bits per heavy atom. The Balaban J connectivity index is 1.79. The molecular weight excluding hydrogens is 266 g/mol. The molecule has 2 aromatic rings. The zero-order valence-electron chi connectivity index (χ0n) is 12.5. The monoisotopic (exact) mass is 287 g/mol. The molecule has 0 saturated carbocycles. The summed E-state index contributed by atoms with van der Waals surface area (Å²) in [6.07, 6.45) is 5.24. The van der Waals surface area contributed by atoms with Gasteiger partial charge in [0.25, 0.3) is 5.91 Å². The minimum atomic E-state index is -0.111. The van der Waals surface area contributed by atoms with Crippen LogP contribution in [0.2, 0.25) is 0 Å². The molecular formula is C15H21N5O. The predicted octanol–water partition coefficient (Wildman–Crippen LogP) is 1.61. The lowest BCUT2D eigenvalue weighted by molar-refractivity contribution is 0.0953. The molecule has 0 bridgehead atoms. The number of carbonyl (C=O) groups excluding carboxylic acids is 1. The number of carbonyl (C=O) groups is 1. The van der Waals surface area contributed by atoms with E-state index in [4.69, 9.17) is 0 Å². The van der Waals surface area contributed by atoms with E-state index in [1.165, 1.54) is 0 Å². The first-order valence-electron chi connectivity index (χ1n) is 7.15. The topological polar surface area (TPSA) is 71.8 Å². The first kappa shape index (κ1) is 15.0. The van der Waals surface area contributed by atoms with Crippen LogP contribution < -0.4 is 10.6 Å². The van der Waals surface area contributed by atoms with Crippen molar-refractivity contribution < 1.29 is 4.79 Å². The van der Waals surface area contributed by atoms with E-state index in [1.807, 2.05) is 25.4 Å². The van der Waals surface area contributed by atoms with E-state index < -0.39 is 0 Å². The van der Waals surface area contributed by atoms with Crippen molar-refractivity contribution in [2.24, 2.45) is 7.05 Å². The molecule has 6 heteroatoms. The first-order valence-corrected chi connectivity index (χ1v) is 7.15. The van der Waals surface area contributed by atoms with Gasteiger partial charge >= 0.3 is 0 Å². The maximum Gasteiger partial charge on any atom is 0.252 e. The van der Waals surface area contributed by atoms with Gasteiger partial charge in [0.1, 0.15) is 5.82 Å². The van der Waals surface area contributed by atoms with Gasteiger partial charge in [-0.05, 0) is 24.6 Å². The van der Waals surface area contributed by atoms with Gasteiger partial charge in [0.05, 0.1) is 11.3 Å². The van der Waals surface area contributed by atoms with Crippen LogP contribution in [0.25, 0.3) is 0 Å². The van der Waals surface area contributed by atoms with Gasteiger partial charge in [0.15, 0.2) is 0 Å². The molecule has 0 aliphatic heterocycles.